The molecule has 4 heteroatoms. The molecular weight excluding hydrogens is 226 g/mol. The van der Waals surface area contributed by atoms with Crippen molar-refractivity contribution in [3.8, 4) is 5.75 Å². The van der Waals surface area contributed by atoms with Crippen LogP contribution < -0.4 is 4.74 Å². The van der Waals surface area contributed by atoms with Crippen molar-refractivity contribution in [3.63, 3.8) is 0 Å². The number of amides is 1. The number of alkyl halides is 1. The molecule has 0 aliphatic rings. The lowest BCUT2D eigenvalue weighted by Gasteiger charge is -2.16. The van der Waals surface area contributed by atoms with E-state index in [4.69, 9.17) is 16.3 Å². The molecule has 0 aliphatic heterocycles. The Morgan fingerprint density at radius 1 is 1.50 bits per heavy atom. The number of carbonyl (C=O) groups is 1. The molecule has 0 aliphatic carbocycles. The van der Waals surface area contributed by atoms with E-state index in [1.54, 1.807) is 31.2 Å². The summed E-state index contributed by atoms with van der Waals surface area (Å²) in [5.41, 5.74) is 1.63. The number of hydrogen-bond donors (Lipinski definition) is 0. The van der Waals surface area contributed by atoms with Crippen LogP contribution in [0.15, 0.2) is 18.2 Å². The van der Waals surface area contributed by atoms with Gasteiger partial charge in [-0.25, -0.2) is 0 Å². The average molecular weight is 242 g/mol. The average Bonchev–Trinajstić information content (AvgIpc) is 2.29. The highest BCUT2D eigenvalue weighted by Crippen LogP contribution is 2.19. The van der Waals surface area contributed by atoms with Crippen LogP contribution in [-0.4, -0.2) is 37.4 Å². The van der Waals surface area contributed by atoms with Gasteiger partial charge < -0.3 is 9.64 Å². The van der Waals surface area contributed by atoms with Gasteiger partial charge in [-0.2, -0.15) is 0 Å². The molecule has 0 spiro atoms. The molecular formula is C12H16ClNO2. The Balaban J connectivity index is 2.92. The minimum atomic E-state index is -0.0426. The summed E-state index contributed by atoms with van der Waals surface area (Å²) in [6.45, 7) is 2.48. The van der Waals surface area contributed by atoms with Gasteiger partial charge in [0.2, 0.25) is 0 Å². The molecule has 0 aromatic heterocycles. The molecule has 1 aromatic carbocycles. The van der Waals surface area contributed by atoms with Crippen LogP contribution in [0.3, 0.4) is 0 Å². The van der Waals surface area contributed by atoms with E-state index in [1.807, 2.05) is 13.0 Å². The molecule has 0 atom stereocenters. The second-order valence-corrected chi connectivity index (χ2v) is 3.98. The fourth-order valence-corrected chi connectivity index (χ4v) is 1.66. The monoisotopic (exact) mass is 241 g/mol. The van der Waals surface area contributed by atoms with E-state index in [0.717, 1.165) is 11.3 Å². The molecule has 0 bridgehead atoms. The highest BCUT2D eigenvalue weighted by atomic mass is 35.5. The molecule has 1 rings (SSSR count). The van der Waals surface area contributed by atoms with Crippen molar-refractivity contribution in [2.45, 2.75) is 6.92 Å². The Kier molecular flexibility index (Phi) is 4.62. The number of hydrogen-bond acceptors (Lipinski definition) is 2. The summed E-state index contributed by atoms with van der Waals surface area (Å²) in [5.74, 6) is 1.12. The van der Waals surface area contributed by atoms with Crippen LogP contribution in [0.5, 0.6) is 5.75 Å². The first-order valence-electron chi connectivity index (χ1n) is 5.06. The van der Waals surface area contributed by atoms with Gasteiger partial charge in [-0.05, 0) is 24.6 Å². The number of carbonyl (C=O) groups excluding carboxylic acids is 1. The second-order valence-electron chi connectivity index (χ2n) is 3.60. The zero-order chi connectivity index (χ0) is 12.1. The van der Waals surface area contributed by atoms with Gasteiger partial charge in [0.25, 0.3) is 5.91 Å². The van der Waals surface area contributed by atoms with Crippen LogP contribution >= 0.6 is 11.6 Å². The number of aryl methyl sites for hydroxylation is 1. The van der Waals surface area contributed by atoms with Gasteiger partial charge in [-0.3, -0.25) is 4.79 Å². The quantitative estimate of drug-likeness (QED) is 0.758. The SMILES string of the molecule is COc1cc(C(=O)N(C)CCCl)ccc1C. The third-order valence-electron chi connectivity index (χ3n) is 2.42. The minimum Gasteiger partial charge on any atom is -0.496 e. The smallest absolute Gasteiger partial charge is 0.253 e. The van der Waals surface area contributed by atoms with Crippen molar-refractivity contribution in [2.24, 2.45) is 0 Å². The zero-order valence-corrected chi connectivity index (χ0v) is 10.5. The zero-order valence-electron chi connectivity index (χ0n) is 9.79. The normalized spacial score (nSPS) is 10.0. The topological polar surface area (TPSA) is 29.5 Å². The Bertz CT molecular complexity index is 379. The summed E-state index contributed by atoms with van der Waals surface area (Å²) >= 11 is 5.59. The van der Waals surface area contributed by atoms with Crippen molar-refractivity contribution in [3.05, 3.63) is 29.3 Å². The molecule has 0 heterocycles. The predicted molar refractivity (Wildman–Crippen MR) is 65.4 cm³/mol. The fourth-order valence-electron chi connectivity index (χ4n) is 1.40. The Morgan fingerprint density at radius 3 is 2.75 bits per heavy atom. The predicted octanol–water partition coefficient (Wildman–Crippen LogP) is 2.31. The van der Waals surface area contributed by atoms with Gasteiger partial charge in [0, 0.05) is 25.0 Å². The molecule has 88 valence electrons. The summed E-state index contributed by atoms with van der Waals surface area (Å²) < 4.78 is 5.18. The first-order valence-corrected chi connectivity index (χ1v) is 5.59. The first-order chi connectivity index (χ1) is 7.60. The van der Waals surface area contributed by atoms with Crippen LogP contribution in [0, 0.1) is 6.92 Å². The molecule has 1 aromatic rings. The molecule has 0 N–H and O–H groups in total. The van der Waals surface area contributed by atoms with E-state index in [0.29, 0.717) is 18.0 Å². The molecule has 3 nitrogen and oxygen atoms in total. The third-order valence-corrected chi connectivity index (χ3v) is 2.59. The number of benzene rings is 1. The van der Waals surface area contributed by atoms with Crippen LogP contribution in [0.25, 0.3) is 0 Å². The van der Waals surface area contributed by atoms with Crippen LogP contribution in [0.2, 0.25) is 0 Å². The fraction of sp³-hybridized carbons (Fsp3) is 0.417. The third kappa shape index (κ3) is 2.89. The molecule has 0 saturated carbocycles. The summed E-state index contributed by atoms with van der Waals surface area (Å²) in [7, 11) is 3.33. The van der Waals surface area contributed by atoms with Crippen molar-refractivity contribution in [2.75, 3.05) is 26.6 Å². The summed E-state index contributed by atoms with van der Waals surface area (Å²) in [6.07, 6.45) is 0. The van der Waals surface area contributed by atoms with Gasteiger partial charge in [-0.15, -0.1) is 11.6 Å². The number of halogens is 1. The molecule has 16 heavy (non-hydrogen) atoms. The van der Waals surface area contributed by atoms with Crippen LogP contribution in [-0.2, 0) is 0 Å². The van der Waals surface area contributed by atoms with Gasteiger partial charge in [0.15, 0.2) is 0 Å². The van der Waals surface area contributed by atoms with Crippen LogP contribution in [0.4, 0.5) is 0 Å². The highest BCUT2D eigenvalue weighted by molar-refractivity contribution is 6.18. The maximum atomic E-state index is 11.9. The second kappa shape index (κ2) is 5.75. The van der Waals surface area contributed by atoms with Crippen molar-refractivity contribution >= 4 is 17.5 Å². The molecule has 1 amide bonds. The van der Waals surface area contributed by atoms with Crippen molar-refractivity contribution in [1.29, 1.82) is 0 Å². The maximum Gasteiger partial charge on any atom is 0.253 e. The van der Waals surface area contributed by atoms with E-state index in [1.165, 1.54) is 0 Å². The van der Waals surface area contributed by atoms with Gasteiger partial charge >= 0.3 is 0 Å². The van der Waals surface area contributed by atoms with E-state index < -0.39 is 0 Å². The lowest BCUT2D eigenvalue weighted by Crippen LogP contribution is -2.28. The molecule has 0 fully saturated rings. The lowest BCUT2D eigenvalue weighted by molar-refractivity contribution is 0.0803. The Hall–Kier alpha value is -1.22. The molecule has 0 saturated heterocycles. The van der Waals surface area contributed by atoms with Gasteiger partial charge in [0.05, 0.1) is 7.11 Å². The highest BCUT2D eigenvalue weighted by Gasteiger charge is 2.12. The number of nitrogens with zero attached hydrogens (tertiary/aromatic N) is 1. The summed E-state index contributed by atoms with van der Waals surface area (Å²) in [4.78, 5) is 13.5. The van der Waals surface area contributed by atoms with Crippen molar-refractivity contribution in [1.82, 2.24) is 4.90 Å². The van der Waals surface area contributed by atoms with Gasteiger partial charge in [0.1, 0.15) is 5.75 Å². The van der Waals surface area contributed by atoms with Gasteiger partial charge in [-0.1, -0.05) is 6.07 Å². The van der Waals surface area contributed by atoms with E-state index >= 15 is 0 Å². The van der Waals surface area contributed by atoms with E-state index in [-0.39, 0.29) is 5.91 Å². The standard InChI is InChI=1S/C12H16ClNO2/c1-9-4-5-10(8-11(9)16-3)12(15)14(2)7-6-13/h4-5,8H,6-7H2,1-3H3. The summed E-state index contributed by atoms with van der Waals surface area (Å²) in [5, 5.41) is 0. The minimum absolute atomic E-state index is 0.0426. The summed E-state index contributed by atoms with van der Waals surface area (Å²) in [6, 6.07) is 5.42. The van der Waals surface area contributed by atoms with Crippen molar-refractivity contribution < 1.29 is 9.53 Å². The lowest BCUT2D eigenvalue weighted by atomic mass is 10.1. The maximum absolute atomic E-state index is 11.9. The molecule has 0 radical (unpaired) electrons. The van der Waals surface area contributed by atoms with E-state index in [2.05, 4.69) is 0 Å². The molecule has 0 unspecified atom stereocenters. The first kappa shape index (κ1) is 12.8. The Labute approximate surface area is 101 Å². The largest absolute Gasteiger partial charge is 0.496 e. The number of methoxy groups -OCH3 is 1. The van der Waals surface area contributed by atoms with E-state index in [9.17, 15) is 4.79 Å². The van der Waals surface area contributed by atoms with Crippen LogP contribution in [0.1, 0.15) is 15.9 Å². The number of ether oxygens (including phenoxy) is 1. The Morgan fingerprint density at radius 2 is 2.19 bits per heavy atom. The number of rotatable bonds is 4.